The molecule has 0 amide bonds. The van der Waals surface area contributed by atoms with Crippen LogP contribution in [0.15, 0.2) is 28.7 Å². The summed E-state index contributed by atoms with van der Waals surface area (Å²) in [4.78, 5) is 2.47. The van der Waals surface area contributed by atoms with Gasteiger partial charge < -0.3 is 4.74 Å². The van der Waals surface area contributed by atoms with Gasteiger partial charge in [0.15, 0.2) is 0 Å². The van der Waals surface area contributed by atoms with E-state index in [1.807, 2.05) is 24.3 Å². The summed E-state index contributed by atoms with van der Waals surface area (Å²) in [6.07, 6.45) is 2.73. The van der Waals surface area contributed by atoms with Crippen molar-refractivity contribution in [2.24, 2.45) is 0 Å². The van der Waals surface area contributed by atoms with E-state index in [1.54, 1.807) is 0 Å². The second-order valence-corrected chi connectivity index (χ2v) is 5.20. The van der Waals surface area contributed by atoms with Crippen LogP contribution >= 0.6 is 15.9 Å². The Labute approximate surface area is 106 Å². The molecule has 16 heavy (non-hydrogen) atoms. The van der Waals surface area contributed by atoms with Gasteiger partial charge in [0.1, 0.15) is 11.9 Å². The van der Waals surface area contributed by atoms with Crippen LogP contribution < -0.4 is 4.74 Å². The highest BCUT2D eigenvalue weighted by Crippen LogP contribution is 2.21. The monoisotopic (exact) mass is 283 g/mol. The standard InChI is InChI=1S/C13H18BrNO/c1-2-7-15-8-6-13(10-15)16-12-5-3-4-11(14)9-12/h3-5,9,13H,2,6-8,10H2,1H3. The molecule has 1 saturated heterocycles. The molecule has 1 unspecified atom stereocenters. The molecule has 0 aliphatic carbocycles. The summed E-state index contributed by atoms with van der Waals surface area (Å²) in [7, 11) is 0. The molecule has 1 heterocycles. The van der Waals surface area contributed by atoms with Crippen molar-refractivity contribution in [1.29, 1.82) is 0 Å². The Kier molecular flexibility index (Phi) is 4.24. The Morgan fingerprint density at radius 3 is 3.12 bits per heavy atom. The Bertz CT molecular complexity index is 342. The van der Waals surface area contributed by atoms with Gasteiger partial charge in [0.05, 0.1) is 0 Å². The summed E-state index contributed by atoms with van der Waals surface area (Å²) in [6.45, 7) is 5.66. The lowest BCUT2D eigenvalue weighted by Gasteiger charge is -2.16. The van der Waals surface area contributed by atoms with Gasteiger partial charge in [-0.3, -0.25) is 4.90 Å². The first-order valence-corrected chi connectivity index (χ1v) is 6.72. The minimum Gasteiger partial charge on any atom is -0.489 e. The van der Waals surface area contributed by atoms with E-state index in [9.17, 15) is 0 Å². The molecular formula is C13H18BrNO. The summed E-state index contributed by atoms with van der Waals surface area (Å²) < 4.78 is 7.04. The van der Waals surface area contributed by atoms with Crippen molar-refractivity contribution < 1.29 is 4.74 Å². The highest BCUT2D eigenvalue weighted by Gasteiger charge is 2.22. The van der Waals surface area contributed by atoms with Crippen LogP contribution in [0.2, 0.25) is 0 Å². The van der Waals surface area contributed by atoms with E-state index < -0.39 is 0 Å². The van der Waals surface area contributed by atoms with Gasteiger partial charge in [0.2, 0.25) is 0 Å². The summed E-state index contributed by atoms with van der Waals surface area (Å²) in [5.74, 6) is 0.970. The summed E-state index contributed by atoms with van der Waals surface area (Å²) >= 11 is 3.46. The minimum atomic E-state index is 0.362. The van der Waals surface area contributed by atoms with E-state index in [2.05, 4.69) is 27.8 Å². The van der Waals surface area contributed by atoms with E-state index in [4.69, 9.17) is 4.74 Å². The molecule has 1 aromatic rings. The smallest absolute Gasteiger partial charge is 0.120 e. The third kappa shape index (κ3) is 3.22. The van der Waals surface area contributed by atoms with Gasteiger partial charge in [-0.2, -0.15) is 0 Å². The molecule has 0 aromatic heterocycles. The van der Waals surface area contributed by atoms with Crippen molar-refractivity contribution in [3.63, 3.8) is 0 Å². The van der Waals surface area contributed by atoms with Gasteiger partial charge in [-0.15, -0.1) is 0 Å². The van der Waals surface area contributed by atoms with Crippen LogP contribution in [0.3, 0.4) is 0 Å². The second-order valence-electron chi connectivity index (χ2n) is 4.29. The number of hydrogen-bond donors (Lipinski definition) is 0. The largest absolute Gasteiger partial charge is 0.489 e. The predicted molar refractivity (Wildman–Crippen MR) is 69.9 cm³/mol. The van der Waals surface area contributed by atoms with E-state index >= 15 is 0 Å². The normalized spacial score (nSPS) is 21.2. The van der Waals surface area contributed by atoms with Crippen molar-refractivity contribution in [1.82, 2.24) is 4.90 Å². The quantitative estimate of drug-likeness (QED) is 0.841. The van der Waals surface area contributed by atoms with Crippen LogP contribution in [-0.4, -0.2) is 30.6 Å². The van der Waals surface area contributed by atoms with Gasteiger partial charge in [-0.05, 0) is 37.6 Å². The Morgan fingerprint density at radius 1 is 1.50 bits per heavy atom. The average molecular weight is 284 g/mol. The number of ether oxygens (including phenoxy) is 1. The molecule has 0 N–H and O–H groups in total. The molecule has 1 fully saturated rings. The molecular weight excluding hydrogens is 266 g/mol. The highest BCUT2D eigenvalue weighted by atomic mass is 79.9. The SMILES string of the molecule is CCCN1CCC(Oc2cccc(Br)c2)C1. The Balaban J connectivity index is 1.87. The van der Waals surface area contributed by atoms with Gasteiger partial charge in [-0.25, -0.2) is 0 Å². The van der Waals surface area contributed by atoms with Crippen molar-refractivity contribution >= 4 is 15.9 Å². The third-order valence-electron chi connectivity index (χ3n) is 2.87. The molecule has 1 aliphatic heterocycles. The third-order valence-corrected chi connectivity index (χ3v) is 3.36. The molecule has 0 spiro atoms. The first kappa shape index (κ1) is 11.9. The first-order chi connectivity index (χ1) is 7.78. The Morgan fingerprint density at radius 2 is 2.38 bits per heavy atom. The van der Waals surface area contributed by atoms with Gasteiger partial charge in [-0.1, -0.05) is 28.9 Å². The fourth-order valence-corrected chi connectivity index (χ4v) is 2.52. The van der Waals surface area contributed by atoms with Crippen LogP contribution in [0.25, 0.3) is 0 Å². The number of hydrogen-bond acceptors (Lipinski definition) is 2. The lowest BCUT2D eigenvalue weighted by atomic mass is 10.3. The van der Waals surface area contributed by atoms with Gasteiger partial charge >= 0.3 is 0 Å². The van der Waals surface area contributed by atoms with Crippen LogP contribution in [-0.2, 0) is 0 Å². The molecule has 88 valence electrons. The molecule has 1 atom stereocenters. The summed E-state index contributed by atoms with van der Waals surface area (Å²) in [5, 5.41) is 0. The lowest BCUT2D eigenvalue weighted by molar-refractivity contribution is 0.200. The molecule has 3 heteroatoms. The second kappa shape index (κ2) is 5.69. The maximum Gasteiger partial charge on any atom is 0.120 e. The van der Waals surface area contributed by atoms with E-state index in [0.29, 0.717) is 6.10 Å². The van der Waals surface area contributed by atoms with Crippen molar-refractivity contribution in [3.05, 3.63) is 28.7 Å². The van der Waals surface area contributed by atoms with E-state index in [1.165, 1.54) is 19.5 Å². The number of halogens is 1. The van der Waals surface area contributed by atoms with Crippen molar-refractivity contribution in [2.45, 2.75) is 25.9 Å². The van der Waals surface area contributed by atoms with Gasteiger partial charge in [0.25, 0.3) is 0 Å². The molecule has 1 aromatic carbocycles. The van der Waals surface area contributed by atoms with Crippen LogP contribution in [0.4, 0.5) is 0 Å². The fraction of sp³-hybridized carbons (Fsp3) is 0.538. The van der Waals surface area contributed by atoms with Crippen molar-refractivity contribution in [2.75, 3.05) is 19.6 Å². The van der Waals surface area contributed by atoms with Crippen LogP contribution in [0.1, 0.15) is 19.8 Å². The summed E-state index contributed by atoms with van der Waals surface area (Å²) in [5.41, 5.74) is 0. The minimum absolute atomic E-state index is 0.362. The maximum atomic E-state index is 5.96. The lowest BCUT2D eigenvalue weighted by Crippen LogP contribution is -2.25. The zero-order valence-corrected chi connectivity index (χ0v) is 11.2. The zero-order valence-electron chi connectivity index (χ0n) is 9.66. The molecule has 1 aliphatic rings. The number of likely N-dealkylation sites (tertiary alicyclic amines) is 1. The van der Waals surface area contributed by atoms with Crippen molar-refractivity contribution in [3.8, 4) is 5.75 Å². The predicted octanol–water partition coefficient (Wildman–Crippen LogP) is 3.31. The number of benzene rings is 1. The average Bonchev–Trinajstić information content (AvgIpc) is 2.66. The number of rotatable bonds is 4. The number of nitrogens with zero attached hydrogens (tertiary/aromatic N) is 1. The van der Waals surface area contributed by atoms with E-state index in [-0.39, 0.29) is 0 Å². The molecule has 0 bridgehead atoms. The molecule has 0 saturated carbocycles. The van der Waals surface area contributed by atoms with Crippen LogP contribution in [0, 0.1) is 0 Å². The zero-order chi connectivity index (χ0) is 11.4. The molecule has 2 nitrogen and oxygen atoms in total. The molecule has 0 radical (unpaired) electrons. The van der Waals surface area contributed by atoms with Gasteiger partial charge in [0, 0.05) is 17.6 Å². The fourth-order valence-electron chi connectivity index (χ4n) is 2.15. The highest BCUT2D eigenvalue weighted by molar-refractivity contribution is 9.10. The topological polar surface area (TPSA) is 12.5 Å². The summed E-state index contributed by atoms with van der Waals surface area (Å²) in [6, 6.07) is 8.08. The first-order valence-electron chi connectivity index (χ1n) is 5.92. The van der Waals surface area contributed by atoms with Crippen LogP contribution in [0.5, 0.6) is 5.75 Å². The maximum absolute atomic E-state index is 5.96. The van der Waals surface area contributed by atoms with E-state index in [0.717, 1.165) is 23.2 Å². The Hall–Kier alpha value is -0.540. The molecule has 2 rings (SSSR count).